The average molecular weight is 136 g/mol. The van der Waals surface area contributed by atoms with Gasteiger partial charge in [-0.1, -0.05) is 25.5 Å². The summed E-state index contributed by atoms with van der Waals surface area (Å²) in [5, 5.41) is 0. The van der Waals surface area contributed by atoms with Crippen LogP contribution in [0.15, 0.2) is 11.6 Å². The second-order valence-corrected chi connectivity index (χ2v) is 4.30. The van der Waals surface area contributed by atoms with Crippen molar-refractivity contribution in [2.45, 2.75) is 33.6 Å². The minimum atomic E-state index is 0.740. The van der Waals surface area contributed by atoms with Crippen molar-refractivity contribution in [2.24, 2.45) is 17.3 Å². The van der Waals surface area contributed by atoms with E-state index in [1.54, 1.807) is 5.57 Å². The molecule has 56 valence electrons. The molecule has 0 N–H and O–H groups in total. The Morgan fingerprint density at radius 1 is 1.60 bits per heavy atom. The summed E-state index contributed by atoms with van der Waals surface area (Å²) in [6.07, 6.45) is 5.28. The maximum atomic E-state index is 2.44. The molecule has 0 aromatic carbocycles. The van der Waals surface area contributed by atoms with Crippen LogP contribution in [-0.4, -0.2) is 0 Å². The van der Waals surface area contributed by atoms with Gasteiger partial charge in [0.25, 0.3) is 0 Å². The van der Waals surface area contributed by atoms with Crippen molar-refractivity contribution in [3.63, 3.8) is 0 Å². The molecule has 2 rings (SSSR count). The summed E-state index contributed by atoms with van der Waals surface area (Å²) in [6.45, 7) is 7.03. The molecular formula is C10H16. The Morgan fingerprint density at radius 3 is 2.50 bits per heavy atom. The summed E-state index contributed by atoms with van der Waals surface area (Å²) in [4.78, 5) is 0. The lowest BCUT2D eigenvalue weighted by atomic mass is 9.89. The molecule has 0 heteroatoms. The van der Waals surface area contributed by atoms with E-state index in [-0.39, 0.29) is 0 Å². The molecule has 2 atom stereocenters. The molecule has 1 saturated carbocycles. The molecule has 1 fully saturated rings. The number of hydrogen-bond donors (Lipinski definition) is 0. The molecule has 0 aromatic rings. The Balaban J connectivity index is 2.17. The standard InChI is InChI=1S/C10H16/c1-7(2)10-5-4-8(3)9(10)6-10/h4,7,9H,5-6H2,1-3H3/t9?,10-/m0/s1. The number of allylic oxidation sites excluding steroid dienone is 2. The number of hydrogen-bond acceptors (Lipinski definition) is 0. The van der Waals surface area contributed by atoms with Crippen LogP contribution in [0.5, 0.6) is 0 Å². The van der Waals surface area contributed by atoms with Gasteiger partial charge in [-0.25, -0.2) is 0 Å². The van der Waals surface area contributed by atoms with Gasteiger partial charge in [0, 0.05) is 0 Å². The van der Waals surface area contributed by atoms with Crippen molar-refractivity contribution in [3.05, 3.63) is 11.6 Å². The van der Waals surface area contributed by atoms with Gasteiger partial charge in [-0.05, 0) is 37.0 Å². The average Bonchev–Trinajstić information content (AvgIpc) is 2.52. The molecule has 0 saturated heterocycles. The topological polar surface area (TPSA) is 0 Å². The summed E-state index contributed by atoms with van der Waals surface area (Å²) < 4.78 is 0. The molecule has 0 amide bonds. The van der Waals surface area contributed by atoms with Gasteiger partial charge in [0.05, 0.1) is 0 Å². The van der Waals surface area contributed by atoms with Gasteiger partial charge in [0.1, 0.15) is 0 Å². The lowest BCUT2D eigenvalue weighted by Crippen LogP contribution is -2.08. The van der Waals surface area contributed by atoms with Gasteiger partial charge < -0.3 is 0 Å². The van der Waals surface area contributed by atoms with E-state index in [9.17, 15) is 0 Å². The maximum Gasteiger partial charge on any atom is -0.0138 e. The maximum absolute atomic E-state index is 2.44. The molecule has 0 radical (unpaired) electrons. The lowest BCUT2D eigenvalue weighted by Gasteiger charge is -2.15. The molecule has 10 heavy (non-hydrogen) atoms. The van der Waals surface area contributed by atoms with Gasteiger partial charge in [-0.3, -0.25) is 0 Å². The van der Waals surface area contributed by atoms with Crippen LogP contribution in [0.4, 0.5) is 0 Å². The third-order valence-corrected chi connectivity index (χ3v) is 3.62. The fraction of sp³-hybridized carbons (Fsp3) is 0.800. The van der Waals surface area contributed by atoms with Crippen molar-refractivity contribution in [1.29, 1.82) is 0 Å². The van der Waals surface area contributed by atoms with Crippen LogP contribution in [0.1, 0.15) is 33.6 Å². The number of rotatable bonds is 1. The highest BCUT2D eigenvalue weighted by molar-refractivity contribution is 5.28. The molecule has 1 unspecified atom stereocenters. The zero-order valence-corrected chi connectivity index (χ0v) is 7.15. The third-order valence-electron chi connectivity index (χ3n) is 3.62. The predicted molar refractivity (Wildman–Crippen MR) is 43.8 cm³/mol. The molecule has 2 aliphatic carbocycles. The van der Waals surface area contributed by atoms with Crippen LogP contribution in [0.3, 0.4) is 0 Å². The molecule has 0 aliphatic heterocycles. The van der Waals surface area contributed by atoms with Crippen molar-refractivity contribution < 1.29 is 0 Å². The summed E-state index contributed by atoms with van der Waals surface area (Å²) in [5.41, 5.74) is 2.40. The van der Waals surface area contributed by atoms with E-state index in [1.807, 2.05) is 0 Å². The Morgan fingerprint density at radius 2 is 2.30 bits per heavy atom. The van der Waals surface area contributed by atoms with E-state index in [1.165, 1.54) is 12.8 Å². The van der Waals surface area contributed by atoms with Crippen LogP contribution in [-0.2, 0) is 0 Å². The highest BCUT2D eigenvalue weighted by Crippen LogP contribution is 2.67. The predicted octanol–water partition coefficient (Wildman–Crippen LogP) is 3.00. The van der Waals surface area contributed by atoms with Gasteiger partial charge >= 0.3 is 0 Å². The van der Waals surface area contributed by atoms with E-state index in [0.717, 1.165) is 17.3 Å². The summed E-state index contributed by atoms with van der Waals surface area (Å²) in [5.74, 6) is 1.87. The van der Waals surface area contributed by atoms with Gasteiger partial charge in [0.15, 0.2) is 0 Å². The van der Waals surface area contributed by atoms with Crippen LogP contribution < -0.4 is 0 Å². The fourth-order valence-corrected chi connectivity index (χ4v) is 2.53. The summed E-state index contributed by atoms with van der Waals surface area (Å²) >= 11 is 0. The lowest BCUT2D eigenvalue weighted by molar-refractivity contribution is 0.354. The first-order valence-corrected chi connectivity index (χ1v) is 4.33. The van der Waals surface area contributed by atoms with Crippen LogP contribution in [0.25, 0.3) is 0 Å². The number of fused-ring (bicyclic) bond motifs is 1. The highest BCUT2D eigenvalue weighted by atomic mass is 14.6. The Kier molecular flexibility index (Phi) is 1.07. The van der Waals surface area contributed by atoms with Crippen LogP contribution >= 0.6 is 0 Å². The second kappa shape index (κ2) is 1.66. The fourth-order valence-electron chi connectivity index (χ4n) is 2.53. The van der Waals surface area contributed by atoms with Crippen molar-refractivity contribution in [2.75, 3.05) is 0 Å². The summed E-state index contributed by atoms with van der Waals surface area (Å²) in [7, 11) is 0. The first kappa shape index (κ1) is 6.45. The minimum Gasteiger partial charge on any atom is -0.0847 e. The largest absolute Gasteiger partial charge is 0.0847 e. The molecule has 0 heterocycles. The quantitative estimate of drug-likeness (QED) is 0.486. The monoisotopic (exact) mass is 136 g/mol. The van der Waals surface area contributed by atoms with Crippen molar-refractivity contribution in [1.82, 2.24) is 0 Å². The molecular weight excluding hydrogens is 120 g/mol. The van der Waals surface area contributed by atoms with E-state index < -0.39 is 0 Å². The zero-order valence-electron chi connectivity index (χ0n) is 7.15. The Labute approximate surface area is 63.3 Å². The van der Waals surface area contributed by atoms with Crippen LogP contribution in [0, 0.1) is 17.3 Å². The molecule has 2 aliphatic rings. The van der Waals surface area contributed by atoms with Crippen LogP contribution in [0.2, 0.25) is 0 Å². The molecule has 0 bridgehead atoms. The molecule has 0 nitrogen and oxygen atoms in total. The Bertz CT molecular complexity index is 188. The Hall–Kier alpha value is -0.260. The van der Waals surface area contributed by atoms with E-state index in [4.69, 9.17) is 0 Å². The second-order valence-electron chi connectivity index (χ2n) is 4.30. The van der Waals surface area contributed by atoms with E-state index in [0.29, 0.717) is 0 Å². The highest BCUT2D eigenvalue weighted by Gasteiger charge is 2.58. The summed E-state index contributed by atoms with van der Waals surface area (Å²) in [6, 6.07) is 0. The SMILES string of the molecule is CC1=CC[C@@]2(C(C)C)CC12. The minimum absolute atomic E-state index is 0.740. The van der Waals surface area contributed by atoms with Crippen molar-refractivity contribution in [3.8, 4) is 0 Å². The van der Waals surface area contributed by atoms with E-state index in [2.05, 4.69) is 26.8 Å². The first-order chi connectivity index (χ1) is 4.67. The van der Waals surface area contributed by atoms with Gasteiger partial charge in [0.2, 0.25) is 0 Å². The zero-order chi connectivity index (χ0) is 7.35. The normalized spacial score (nSPS) is 43.6. The molecule has 0 aromatic heterocycles. The first-order valence-electron chi connectivity index (χ1n) is 4.33. The van der Waals surface area contributed by atoms with Crippen molar-refractivity contribution >= 4 is 0 Å². The van der Waals surface area contributed by atoms with Gasteiger partial charge in [-0.2, -0.15) is 0 Å². The third kappa shape index (κ3) is 0.574. The molecule has 0 spiro atoms. The van der Waals surface area contributed by atoms with E-state index >= 15 is 0 Å². The smallest absolute Gasteiger partial charge is 0.0138 e. The van der Waals surface area contributed by atoms with Gasteiger partial charge in [-0.15, -0.1) is 0 Å².